The zero-order valence-electron chi connectivity index (χ0n) is 16.0. The number of amides is 1. The predicted octanol–water partition coefficient (Wildman–Crippen LogP) is 3.85. The van der Waals surface area contributed by atoms with Crippen LogP contribution in [0, 0.1) is 6.92 Å². The minimum Gasteiger partial charge on any atom is -0.348 e. The van der Waals surface area contributed by atoms with E-state index < -0.39 is 6.04 Å². The van der Waals surface area contributed by atoms with Crippen LogP contribution in [0.25, 0.3) is 15.7 Å². The van der Waals surface area contributed by atoms with E-state index in [9.17, 15) is 9.59 Å². The lowest BCUT2D eigenvalue weighted by atomic mass is 10.1. The van der Waals surface area contributed by atoms with Crippen molar-refractivity contribution >= 4 is 33.0 Å². The predicted molar refractivity (Wildman–Crippen MR) is 112 cm³/mol. The standard InChI is InChI=1S/C21H22N4O2S/c1-4-16(20(26)22-13(2)15-8-6-5-7-9-15)25-21(27)18-12-19-17(10-11-28-19)24(18)14(3)23-25/h5-13,16H,4H2,1-3H3,(H,22,26)/t13-,16-/m0/s1. The summed E-state index contributed by atoms with van der Waals surface area (Å²) in [5, 5.41) is 9.50. The number of aryl methyl sites for hydroxylation is 1. The summed E-state index contributed by atoms with van der Waals surface area (Å²) < 4.78 is 4.23. The number of aromatic nitrogens is 3. The molecule has 1 aromatic carbocycles. The lowest BCUT2D eigenvalue weighted by Gasteiger charge is -2.21. The van der Waals surface area contributed by atoms with Gasteiger partial charge in [0.25, 0.3) is 5.56 Å². The topological polar surface area (TPSA) is 68.4 Å². The molecule has 0 saturated carbocycles. The maximum absolute atomic E-state index is 13.1. The highest BCUT2D eigenvalue weighted by Crippen LogP contribution is 2.25. The third-order valence-electron chi connectivity index (χ3n) is 5.07. The molecule has 28 heavy (non-hydrogen) atoms. The first-order valence-electron chi connectivity index (χ1n) is 9.34. The van der Waals surface area contributed by atoms with Crippen molar-refractivity contribution in [2.24, 2.45) is 0 Å². The monoisotopic (exact) mass is 394 g/mol. The molecule has 0 aliphatic rings. The van der Waals surface area contributed by atoms with E-state index in [1.165, 1.54) is 4.68 Å². The van der Waals surface area contributed by atoms with Gasteiger partial charge in [0.05, 0.1) is 16.3 Å². The van der Waals surface area contributed by atoms with Gasteiger partial charge in [0.1, 0.15) is 17.4 Å². The first kappa shape index (κ1) is 18.4. The molecule has 0 radical (unpaired) electrons. The second kappa shape index (κ2) is 7.24. The molecule has 7 heteroatoms. The minimum atomic E-state index is -0.657. The highest BCUT2D eigenvalue weighted by atomic mass is 32.1. The molecule has 0 aliphatic carbocycles. The van der Waals surface area contributed by atoms with Crippen LogP contribution in [0.1, 0.15) is 43.7 Å². The van der Waals surface area contributed by atoms with Crippen LogP contribution in [-0.4, -0.2) is 20.1 Å². The van der Waals surface area contributed by atoms with Crippen LogP contribution in [0.5, 0.6) is 0 Å². The van der Waals surface area contributed by atoms with Gasteiger partial charge in [-0.25, -0.2) is 4.68 Å². The summed E-state index contributed by atoms with van der Waals surface area (Å²) in [5.74, 6) is 0.482. The minimum absolute atomic E-state index is 0.151. The van der Waals surface area contributed by atoms with E-state index in [1.54, 1.807) is 11.3 Å². The van der Waals surface area contributed by atoms with Crippen molar-refractivity contribution in [2.45, 2.75) is 39.3 Å². The van der Waals surface area contributed by atoms with Gasteiger partial charge in [-0.05, 0) is 43.3 Å². The van der Waals surface area contributed by atoms with E-state index in [0.29, 0.717) is 17.8 Å². The number of fused-ring (bicyclic) bond motifs is 3. The third kappa shape index (κ3) is 3.01. The fourth-order valence-electron chi connectivity index (χ4n) is 3.61. The van der Waals surface area contributed by atoms with E-state index in [-0.39, 0.29) is 17.5 Å². The fraction of sp³-hybridized carbons (Fsp3) is 0.286. The number of rotatable bonds is 5. The molecule has 4 rings (SSSR count). The summed E-state index contributed by atoms with van der Waals surface area (Å²) in [4.78, 5) is 26.1. The van der Waals surface area contributed by atoms with Gasteiger partial charge >= 0.3 is 0 Å². The quantitative estimate of drug-likeness (QED) is 0.559. The molecule has 6 nitrogen and oxygen atoms in total. The summed E-state index contributed by atoms with van der Waals surface area (Å²) in [5.41, 5.74) is 2.30. The molecule has 0 bridgehead atoms. The molecule has 1 N–H and O–H groups in total. The second-order valence-electron chi connectivity index (χ2n) is 6.90. The van der Waals surface area contributed by atoms with Gasteiger partial charge in [-0.1, -0.05) is 37.3 Å². The van der Waals surface area contributed by atoms with Crippen molar-refractivity contribution in [3.63, 3.8) is 0 Å². The average Bonchev–Trinajstić information content (AvgIpc) is 3.28. The number of thiophene rings is 1. The van der Waals surface area contributed by atoms with Gasteiger partial charge in [0.2, 0.25) is 5.91 Å². The van der Waals surface area contributed by atoms with E-state index >= 15 is 0 Å². The zero-order valence-corrected chi connectivity index (χ0v) is 16.9. The van der Waals surface area contributed by atoms with Gasteiger partial charge in [-0.2, -0.15) is 5.10 Å². The Hall–Kier alpha value is -2.93. The Kier molecular flexibility index (Phi) is 4.77. The summed E-state index contributed by atoms with van der Waals surface area (Å²) in [7, 11) is 0. The van der Waals surface area contributed by atoms with Gasteiger partial charge in [0, 0.05) is 0 Å². The SMILES string of the molecule is CC[C@@H](C(=O)N[C@@H](C)c1ccccc1)n1nc(C)n2c(cc3sccc32)c1=O. The molecule has 1 amide bonds. The van der Waals surface area contributed by atoms with E-state index in [1.807, 2.05) is 73.0 Å². The Labute approximate surface area is 166 Å². The summed E-state index contributed by atoms with van der Waals surface area (Å²) >= 11 is 1.59. The Morgan fingerprint density at radius 1 is 1.21 bits per heavy atom. The van der Waals surface area contributed by atoms with Gasteiger partial charge < -0.3 is 5.32 Å². The average molecular weight is 395 g/mol. The molecular weight excluding hydrogens is 372 g/mol. The lowest BCUT2D eigenvalue weighted by Crippen LogP contribution is -2.40. The summed E-state index contributed by atoms with van der Waals surface area (Å²) in [6.07, 6.45) is 0.477. The Morgan fingerprint density at radius 3 is 2.68 bits per heavy atom. The van der Waals surface area contributed by atoms with Crippen LogP contribution >= 0.6 is 11.3 Å². The molecule has 0 fully saturated rings. The molecule has 4 aromatic rings. The summed E-state index contributed by atoms with van der Waals surface area (Å²) in [6.45, 7) is 5.69. The molecule has 2 atom stereocenters. The number of hydrogen-bond acceptors (Lipinski definition) is 4. The number of carbonyl (C=O) groups is 1. The number of carbonyl (C=O) groups excluding carboxylic acids is 1. The van der Waals surface area contributed by atoms with Gasteiger partial charge in [-0.15, -0.1) is 11.3 Å². The van der Waals surface area contributed by atoms with Crippen LogP contribution in [0.15, 0.2) is 52.6 Å². The molecule has 0 aliphatic heterocycles. The fourth-order valence-corrected chi connectivity index (χ4v) is 4.41. The van der Waals surface area contributed by atoms with Crippen LogP contribution in [0.3, 0.4) is 0 Å². The van der Waals surface area contributed by atoms with Crippen LogP contribution < -0.4 is 10.9 Å². The van der Waals surface area contributed by atoms with Crippen molar-refractivity contribution in [3.05, 3.63) is 69.6 Å². The first-order valence-corrected chi connectivity index (χ1v) is 10.2. The first-order chi connectivity index (χ1) is 13.5. The molecule has 3 aromatic heterocycles. The number of benzene rings is 1. The second-order valence-corrected chi connectivity index (χ2v) is 7.84. The molecule has 0 spiro atoms. The third-order valence-corrected chi connectivity index (χ3v) is 5.92. The molecule has 144 valence electrons. The maximum Gasteiger partial charge on any atom is 0.291 e. The maximum atomic E-state index is 13.1. The lowest BCUT2D eigenvalue weighted by molar-refractivity contribution is -0.125. The van der Waals surface area contributed by atoms with Gasteiger partial charge in [0.15, 0.2) is 0 Å². The molecule has 0 saturated heterocycles. The van der Waals surface area contributed by atoms with E-state index in [2.05, 4.69) is 10.4 Å². The van der Waals surface area contributed by atoms with Crippen LogP contribution in [0.4, 0.5) is 0 Å². The Morgan fingerprint density at radius 2 is 1.96 bits per heavy atom. The van der Waals surface area contributed by atoms with Crippen molar-refractivity contribution in [2.75, 3.05) is 0 Å². The van der Waals surface area contributed by atoms with Crippen molar-refractivity contribution < 1.29 is 4.79 Å². The zero-order chi connectivity index (χ0) is 19.8. The largest absolute Gasteiger partial charge is 0.348 e. The highest BCUT2D eigenvalue weighted by Gasteiger charge is 2.25. The van der Waals surface area contributed by atoms with Gasteiger partial charge in [-0.3, -0.25) is 14.0 Å². The highest BCUT2D eigenvalue weighted by molar-refractivity contribution is 7.17. The van der Waals surface area contributed by atoms with Crippen LogP contribution in [-0.2, 0) is 4.79 Å². The normalized spacial score (nSPS) is 13.7. The van der Waals surface area contributed by atoms with Crippen LogP contribution in [0.2, 0.25) is 0 Å². The Bertz CT molecular complexity index is 1210. The molecule has 3 heterocycles. The smallest absolute Gasteiger partial charge is 0.291 e. The Balaban J connectivity index is 1.71. The summed E-state index contributed by atoms with van der Waals surface area (Å²) in [6, 6.07) is 12.8. The van der Waals surface area contributed by atoms with E-state index in [0.717, 1.165) is 15.8 Å². The number of nitrogens with one attached hydrogen (secondary N) is 1. The molecule has 0 unspecified atom stereocenters. The number of nitrogens with zero attached hydrogens (tertiary/aromatic N) is 3. The van der Waals surface area contributed by atoms with Crippen molar-refractivity contribution in [3.8, 4) is 0 Å². The number of hydrogen-bond donors (Lipinski definition) is 1. The van der Waals surface area contributed by atoms with E-state index in [4.69, 9.17) is 0 Å². The van der Waals surface area contributed by atoms with Crippen molar-refractivity contribution in [1.82, 2.24) is 19.5 Å². The molecular formula is C21H22N4O2S. The van der Waals surface area contributed by atoms with Crippen molar-refractivity contribution in [1.29, 1.82) is 0 Å².